The quantitative estimate of drug-likeness (QED) is 0.853. The normalized spacial score (nSPS) is 12.7. The van der Waals surface area contributed by atoms with Gasteiger partial charge in [0.1, 0.15) is 5.75 Å². The van der Waals surface area contributed by atoms with Gasteiger partial charge in [-0.05, 0) is 36.6 Å². The number of benzene rings is 2. The second-order valence-electron chi connectivity index (χ2n) is 5.30. The van der Waals surface area contributed by atoms with E-state index >= 15 is 0 Å². The molecule has 124 valence electrons. The Morgan fingerprint density at radius 1 is 1.13 bits per heavy atom. The van der Waals surface area contributed by atoms with Crippen molar-refractivity contribution in [1.29, 1.82) is 0 Å². The average Bonchev–Trinajstić information content (AvgIpc) is 2.55. The van der Waals surface area contributed by atoms with Crippen molar-refractivity contribution in [2.75, 3.05) is 7.11 Å². The Kier molecular flexibility index (Phi) is 7.59. The zero-order valence-electron chi connectivity index (χ0n) is 13.4. The molecule has 0 aromatic heterocycles. The Labute approximate surface area is 143 Å². The number of ether oxygens (including phenoxy) is 1. The summed E-state index contributed by atoms with van der Waals surface area (Å²) >= 11 is 0. The molecule has 0 saturated heterocycles. The van der Waals surface area contributed by atoms with Crippen LogP contribution in [0, 0.1) is 0 Å². The van der Waals surface area contributed by atoms with Crippen LogP contribution in [0.5, 0.6) is 5.75 Å². The molecular formula is C18H23ClN2O2. The summed E-state index contributed by atoms with van der Waals surface area (Å²) in [5.41, 5.74) is 8.06. The van der Waals surface area contributed by atoms with Crippen LogP contribution in [0.4, 0.5) is 0 Å². The minimum absolute atomic E-state index is 0. The van der Waals surface area contributed by atoms with Crippen molar-refractivity contribution >= 4 is 18.3 Å². The van der Waals surface area contributed by atoms with E-state index in [0.717, 1.165) is 16.9 Å². The molecule has 0 aliphatic rings. The predicted octanol–water partition coefficient (Wildman–Crippen LogP) is 2.86. The number of carbonyl (C=O) groups excluding carboxylic acids is 1. The molecule has 2 aromatic carbocycles. The SMILES string of the molecule is COc1ccc(C(C)NC(=O)C(N)Cc2ccccc2)cc1.Cl. The average molecular weight is 335 g/mol. The van der Waals surface area contributed by atoms with Crippen molar-refractivity contribution in [1.82, 2.24) is 5.32 Å². The van der Waals surface area contributed by atoms with Gasteiger partial charge >= 0.3 is 0 Å². The Hall–Kier alpha value is -2.04. The fraction of sp³-hybridized carbons (Fsp3) is 0.278. The minimum Gasteiger partial charge on any atom is -0.497 e. The molecule has 0 bridgehead atoms. The zero-order valence-corrected chi connectivity index (χ0v) is 14.2. The fourth-order valence-electron chi connectivity index (χ4n) is 2.26. The Morgan fingerprint density at radius 2 is 1.74 bits per heavy atom. The summed E-state index contributed by atoms with van der Waals surface area (Å²) in [4.78, 5) is 12.2. The maximum atomic E-state index is 12.2. The molecule has 2 atom stereocenters. The van der Waals surface area contributed by atoms with E-state index in [1.165, 1.54) is 0 Å². The monoisotopic (exact) mass is 334 g/mol. The van der Waals surface area contributed by atoms with Gasteiger partial charge in [-0.1, -0.05) is 42.5 Å². The third-order valence-electron chi connectivity index (χ3n) is 3.61. The summed E-state index contributed by atoms with van der Waals surface area (Å²) in [6, 6.07) is 16.8. The van der Waals surface area contributed by atoms with Gasteiger partial charge in [-0.15, -0.1) is 12.4 Å². The number of hydrogen-bond donors (Lipinski definition) is 2. The molecule has 5 heteroatoms. The van der Waals surface area contributed by atoms with Crippen LogP contribution in [-0.2, 0) is 11.2 Å². The standard InChI is InChI=1S/C18H22N2O2.ClH/c1-13(15-8-10-16(22-2)11-9-15)20-18(21)17(19)12-14-6-4-3-5-7-14;/h3-11,13,17H,12,19H2,1-2H3,(H,20,21);1H. The van der Waals surface area contributed by atoms with E-state index in [4.69, 9.17) is 10.5 Å². The van der Waals surface area contributed by atoms with Gasteiger partial charge in [0, 0.05) is 0 Å². The molecule has 23 heavy (non-hydrogen) atoms. The number of nitrogens with one attached hydrogen (secondary N) is 1. The lowest BCUT2D eigenvalue weighted by Gasteiger charge is -2.18. The van der Waals surface area contributed by atoms with E-state index in [0.29, 0.717) is 6.42 Å². The summed E-state index contributed by atoms with van der Waals surface area (Å²) in [5.74, 6) is 0.648. The van der Waals surface area contributed by atoms with Crippen molar-refractivity contribution in [3.63, 3.8) is 0 Å². The van der Waals surface area contributed by atoms with E-state index in [9.17, 15) is 4.79 Å². The van der Waals surface area contributed by atoms with Gasteiger partial charge < -0.3 is 15.8 Å². The van der Waals surface area contributed by atoms with Crippen LogP contribution in [0.3, 0.4) is 0 Å². The zero-order chi connectivity index (χ0) is 15.9. The van der Waals surface area contributed by atoms with Gasteiger partial charge in [0.25, 0.3) is 0 Å². The maximum Gasteiger partial charge on any atom is 0.237 e. The summed E-state index contributed by atoms with van der Waals surface area (Å²) < 4.78 is 5.13. The van der Waals surface area contributed by atoms with Crippen molar-refractivity contribution in [2.24, 2.45) is 5.73 Å². The maximum absolute atomic E-state index is 12.2. The number of carbonyl (C=O) groups is 1. The molecule has 0 fully saturated rings. The predicted molar refractivity (Wildman–Crippen MR) is 94.9 cm³/mol. The number of methoxy groups -OCH3 is 1. The lowest BCUT2D eigenvalue weighted by atomic mass is 10.0. The van der Waals surface area contributed by atoms with Crippen molar-refractivity contribution < 1.29 is 9.53 Å². The molecular weight excluding hydrogens is 312 g/mol. The Morgan fingerprint density at radius 3 is 2.30 bits per heavy atom. The number of nitrogens with two attached hydrogens (primary N) is 1. The van der Waals surface area contributed by atoms with Gasteiger partial charge in [-0.2, -0.15) is 0 Å². The summed E-state index contributed by atoms with van der Waals surface area (Å²) in [5, 5.41) is 2.95. The Bertz CT molecular complexity index is 602. The van der Waals surface area contributed by atoms with Gasteiger partial charge in [-0.3, -0.25) is 4.79 Å². The van der Waals surface area contributed by atoms with E-state index in [1.807, 2.05) is 61.5 Å². The first-order valence-corrected chi connectivity index (χ1v) is 7.34. The van der Waals surface area contributed by atoms with E-state index < -0.39 is 6.04 Å². The van der Waals surface area contributed by atoms with Gasteiger partial charge in [-0.25, -0.2) is 0 Å². The second-order valence-corrected chi connectivity index (χ2v) is 5.30. The minimum atomic E-state index is -0.553. The molecule has 0 aliphatic carbocycles. The molecule has 2 rings (SSSR count). The highest BCUT2D eigenvalue weighted by Gasteiger charge is 2.17. The van der Waals surface area contributed by atoms with E-state index in [-0.39, 0.29) is 24.4 Å². The Balaban J connectivity index is 0.00000264. The molecule has 2 unspecified atom stereocenters. The molecule has 1 amide bonds. The molecule has 0 radical (unpaired) electrons. The first-order chi connectivity index (χ1) is 10.6. The topological polar surface area (TPSA) is 64.3 Å². The highest BCUT2D eigenvalue weighted by atomic mass is 35.5. The molecule has 3 N–H and O–H groups in total. The van der Waals surface area contributed by atoms with Crippen LogP contribution in [0.15, 0.2) is 54.6 Å². The highest BCUT2D eigenvalue weighted by Crippen LogP contribution is 2.17. The molecule has 0 heterocycles. The number of halogens is 1. The smallest absolute Gasteiger partial charge is 0.237 e. The first kappa shape index (κ1) is 19.0. The summed E-state index contributed by atoms with van der Waals surface area (Å²) in [6.07, 6.45) is 0.530. The first-order valence-electron chi connectivity index (χ1n) is 7.34. The van der Waals surface area contributed by atoms with E-state index in [1.54, 1.807) is 7.11 Å². The third kappa shape index (κ3) is 5.58. The number of amides is 1. The molecule has 2 aromatic rings. The summed E-state index contributed by atoms with van der Waals surface area (Å²) in [6.45, 7) is 1.94. The van der Waals surface area contributed by atoms with Crippen LogP contribution >= 0.6 is 12.4 Å². The molecule has 4 nitrogen and oxygen atoms in total. The van der Waals surface area contributed by atoms with Crippen molar-refractivity contribution in [2.45, 2.75) is 25.4 Å². The molecule has 0 aliphatic heterocycles. The molecule has 0 spiro atoms. The lowest BCUT2D eigenvalue weighted by molar-refractivity contribution is -0.123. The van der Waals surface area contributed by atoms with Crippen molar-refractivity contribution in [3.05, 3.63) is 65.7 Å². The van der Waals surface area contributed by atoms with Gasteiger partial charge in [0.2, 0.25) is 5.91 Å². The fourth-order valence-corrected chi connectivity index (χ4v) is 2.26. The van der Waals surface area contributed by atoms with Crippen LogP contribution in [0.1, 0.15) is 24.1 Å². The van der Waals surface area contributed by atoms with Gasteiger partial charge in [0.05, 0.1) is 19.2 Å². The second kappa shape index (κ2) is 9.18. The number of hydrogen-bond acceptors (Lipinski definition) is 3. The van der Waals surface area contributed by atoms with Crippen molar-refractivity contribution in [3.8, 4) is 5.75 Å². The third-order valence-corrected chi connectivity index (χ3v) is 3.61. The highest BCUT2D eigenvalue weighted by molar-refractivity contribution is 5.85. The van der Waals surface area contributed by atoms with Crippen LogP contribution in [0.25, 0.3) is 0 Å². The molecule has 0 saturated carbocycles. The van der Waals surface area contributed by atoms with Gasteiger partial charge in [0.15, 0.2) is 0 Å². The van der Waals surface area contributed by atoms with E-state index in [2.05, 4.69) is 5.32 Å². The largest absolute Gasteiger partial charge is 0.497 e. The lowest BCUT2D eigenvalue weighted by Crippen LogP contribution is -2.42. The van der Waals surface area contributed by atoms with Crippen LogP contribution in [-0.4, -0.2) is 19.1 Å². The summed E-state index contributed by atoms with van der Waals surface area (Å²) in [7, 11) is 1.63. The van der Waals surface area contributed by atoms with Crippen LogP contribution < -0.4 is 15.8 Å². The number of rotatable bonds is 6. The van der Waals surface area contributed by atoms with Crippen LogP contribution in [0.2, 0.25) is 0 Å².